The number of nitrogens with one attached hydrogen (secondary N) is 1. The van der Waals surface area contributed by atoms with Crippen LogP contribution in [0.1, 0.15) is 28.8 Å². The maximum Gasteiger partial charge on any atom is 0.258 e. The topological polar surface area (TPSA) is 44.8 Å². The van der Waals surface area contributed by atoms with Gasteiger partial charge in [0.25, 0.3) is 5.91 Å². The predicted molar refractivity (Wildman–Crippen MR) is 120 cm³/mol. The number of carbonyl (C=O) groups is 1. The highest BCUT2D eigenvalue weighted by atomic mass is 35.5. The second-order valence-electron chi connectivity index (χ2n) is 8.37. The van der Waals surface area contributed by atoms with Crippen LogP contribution in [0.25, 0.3) is 0 Å². The molecule has 158 valence electrons. The van der Waals surface area contributed by atoms with E-state index < -0.39 is 0 Å². The molecule has 1 unspecified atom stereocenters. The number of hydrogen-bond donors (Lipinski definition) is 1. The first-order valence-corrected chi connectivity index (χ1v) is 11.3. The van der Waals surface area contributed by atoms with E-state index in [1.165, 1.54) is 0 Å². The van der Waals surface area contributed by atoms with E-state index in [2.05, 4.69) is 10.2 Å². The minimum atomic E-state index is -0.0221. The minimum absolute atomic E-state index is 0.0221. The zero-order valence-corrected chi connectivity index (χ0v) is 18.3. The molecular formula is C23H25Cl2N3O2. The highest BCUT2D eigenvalue weighted by molar-refractivity contribution is 6.31. The van der Waals surface area contributed by atoms with Gasteiger partial charge in [-0.1, -0.05) is 35.3 Å². The van der Waals surface area contributed by atoms with E-state index in [0.29, 0.717) is 47.0 Å². The first kappa shape index (κ1) is 20.0. The molecule has 2 aromatic carbocycles. The van der Waals surface area contributed by atoms with E-state index in [9.17, 15) is 4.79 Å². The average Bonchev–Trinajstić information content (AvgIpc) is 2.78. The molecule has 2 aromatic rings. The summed E-state index contributed by atoms with van der Waals surface area (Å²) in [6.07, 6.45) is 2.28. The Balaban J connectivity index is 1.52. The number of anilines is 1. The molecule has 4 aliphatic heterocycles. The van der Waals surface area contributed by atoms with E-state index in [0.717, 1.165) is 43.7 Å². The number of nitrogens with zero attached hydrogens (tertiary/aromatic N) is 2. The van der Waals surface area contributed by atoms with Crippen LogP contribution in [-0.2, 0) is 6.54 Å². The van der Waals surface area contributed by atoms with Gasteiger partial charge in [0.05, 0.1) is 11.3 Å². The molecule has 5 nitrogen and oxygen atoms in total. The van der Waals surface area contributed by atoms with E-state index in [4.69, 9.17) is 27.9 Å². The number of rotatable bonds is 4. The Morgan fingerprint density at radius 3 is 2.60 bits per heavy atom. The van der Waals surface area contributed by atoms with Gasteiger partial charge in [-0.2, -0.15) is 0 Å². The number of hydrogen-bond acceptors (Lipinski definition) is 4. The molecule has 30 heavy (non-hydrogen) atoms. The zero-order valence-electron chi connectivity index (χ0n) is 16.7. The van der Waals surface area contributed by atoms with Gasteiger partial charge in [-0.05, 0) is 61.7 Å². The number of halogens is 2. The van der Waals surface area contributed by atoms with Crippen molar-refractivity contribution < 1.29 is 9.53 Å². The third kappa shape index (κ3) is 3.86. The molecule has 7 heteroatoms. The van der Waals surface area contributed by atoms with Gasteiger partial charge >= 0.3 is 0 Å². The molecule has 4 aliphatic rings. The number of ether oxygens (including phenoxy) is 1. The lowest BCUT2D eigenvalue weighted by Gasteiger charge is -2.49. The summed E-state index contributed by atoms with van der Waals surface area (Å²) in [5.74, 6) is 1.12. The van der Waals surface area contributed by atoms with Crippen molar-refractivity contribution in [2.45, 2.75) is 25.4 Å². The summed E-state index contributed by atoms with van der Waals surface area (Å²) < 4.78 is 5.90. The Bertz CT molecular complexity index is 942. The van der Waals surface area contributed by atoms with Crippen LogP contribution in [-0.4, -0.2) is 54.5 Å². The summed E-state index contributed by atoms with van der Waals surface area (Å²) in [6, 6.07) is 11.5. The summed E-state index contributed by atoms with van der Waals surface area (Å²) in [4.78, 5) is 18.4. The summed E-state index contributed by atoms with van der Waals surface area (Å²) in [5.41, 5.74) is 2.40. The lowest BCUT2D eigenvalue weighted by Crippen LogP contribution is -2.58. The molecule has 6 rings (SSSR count). The fourth-order valence-electron chi connectivity index (χ4n) is 4.95. The van der Waals surface area contributed by atoms with Gasteiger partial charge in [0.1, 0.15) is 6.61 Å². The van der Waals surface area contributed by atoms with E-state index in [1.54, 1.807) is 6.07 Å². The van der Waals surface area contributed by atoms with Crippen LogP contribution >= 0.6 is 23.2 Å². The summed E-state index contributed by atoms with van der Waals surface area (Å²) in [5, 5.41) is 4.53. The maximum atomic E-state index is 13.9. The molecule has 0 radical (unpaired) electrons. The molecule has 4 heterocycles. The third-order valence-electron chi connectivity index (χ3n) is 6.50. The third-order valence-corrected chi connectivity index (χ3v) is 6.97. The van der Waals surface area contributed by atoms with Crippen molar-refractivity contribution in [3.8, 4) is 5.75 Å². The Morgan fingerprint density at radius 2 is 1.90 bits per heavy atom. The lowest BCUT2D eigenvalue weighted by molar-refractivity contribution is 0.00444. The van der Waals surface area contributed by atoms with Gasteiger partial charge < -0.3 is 19.9 Å². The van der Waals surface area contributed by atoms with Crippen LogP contribution in [0.2, 0.25) is 10.0 Å². The highest BCUT2D eigenvalue weighted by Gasteiger charge is 2.40. The Labute approximate surface area is 186 Å². The van der Waals surface area contributed by atoms with E-state index in [-0.39, 0.29) is 11.9 Å². The minimum Gasteiger partial charge on any atom is -0.489 e. The van der Waals surface area contributed by atoms with Crippen LogP contribution in [0.4, 0.5) is 5.69 Å². The van der Waals surface area contributed by atoms with Crippen LogP contribution in [0.5, 0.6) is 5.75 Å². The standard InChI is InChI=1S/C23H25Cl2N3O2/c24-17-3-1-15(2-4-17)13-28(21-14-27-8-5-16(21)6-9-27)23(29)19-11-18(25)12-20-22(19)30-10-7-26-20/h1-4,11-12,16,21,26H,5-10,13-14H2. The lowest BCUT2D eigenvalue weighted by atomic mass is 9.82. The van der Waals surface area contributed by atoms with Crippen molar-refractivity contribution in [2.24, 2.45) is 5.92 Å². The molecular weight excluding hydrogens is 421 g/mol. The molecule has 0 spiro atoms. The van der Waals surface area contributed by atoms with Crippen molar-refractivity contribution in [1.82, 2.24) is 9.80 Å². The fraction of sp³-hybridized carbons (Fsp3) is 0.435. The van der Waals surface area contributed by atoms with Crippen LogP contribution in [0.15, 0.2) is 36.4 Å². The molecule has 1 amide bonds. The van der Waals surface area contributed by atoms with Gasteiger partial charge in [0.15, 0.2) is 5.75 Å². The number of amides is 1. The first-order valence-electron chi connectivity index (χ1n) is 10.6. The number of carbonyl (C=O) groups excluding carboxylic acids is 1. The second kappa shape index (κ2) is 8.29. The molecule has 0 aromatic heterocycles. The van der Waals surface area contributed by atoms with Crippen molar-refractivity contribution in [1.29, 1.82) is 0 Å². The number of benzene rings is 2. The summed E-state index contributed by atoms with van der Waals surface area (Å²) in [7, 11) is 0. The Hall–Kier alpha value is -1.95. The summed E-state index contributed by atoms with van der Waals surface area (Å²) >= 11 is 12.4. The number of fused-ring (bicyclic) bond motifs is 4. The van der Waals surface area contributed by atoms with Crippen molar-refractivity contribution in [2.75, 3.05) is 38.1 Å². The van der Waals surface area contributed by atoms with E-state index >= 15 is 0 Å². The largest absolute Gasteiger partial charge is 0.489 e. The predicted octanol–water partition coefficient (Wildman–Crippen LogP) is 4.53. The normalized spacial score (nSPS) is 24.5. The first-order chi connectivity index (χ1) is 14.6. The SMILES string of the molecule is O=C(c1cc(Cl)cc2c1OCCN2)N(Cc1ccc(Cl)cc1)C1CN2CCC1CC2. The molecule has 0 saturated carbocycles. The second-order valence-corrected chi connectivity index (χ2v) is 9.24. The molecule has 3 fully saturated rings. The monoisotopic (exact) mass is 445 g/mol. The average molecular weight is 446 g/mol. The maximum absolute atomic E-state index is 13.9. The van der Waals surface area contributed by atoms with Gasteiger partial charge in [-0.15, -0.1) is 0 Å². The van der Waals surface area contributed by atoms with Crippen LogP contribution in [0, 0.1) is 5.92 Å². The van der Waals surface area contributed by atoms with Crippen LogP contribution < -0.4 is 10.1 Å². The van der Waals surface area contributed by atoms with Gasteiger partial charge in [0, 0.05) is 35.7 Å². The van der Waals surface area contributed by atoms with Gasteiger partial charge in [-0.3, -0.25) is 4.79 Å². The smallest absolute Gasteiger partial charge is 0.258 e. The van der Waals surface area contributed by atoms with Crippen LogP contribution in [0.3, 0.4) is 0 Å². The molecule has 0 aliphatic carbocycles. The van der Waals surface area contributed by atoms with Gasteiger partial charge in [-0.25, -0.2) is 0 Å². The van der Waals surface area contributed by atoms with E-state index in [1.807, 2.05) is 35.2 Å². The summed E-state index contributed by atoms with van der Waals surface area (Å²) in [6.45, 7) is 4.96. The zero-order chi connectivity index (χ0) is 20.7. The van der Waals surface area contributed by atoms with Crippen molar-refractivity contribution in [3.05, 3.63) is 57.6 Å². The Kier molecular flexibility index (Phi) is 5.52. The fourth-order valence-corrected chi connectivity index (χ4v) is 5.29. The Morgan fingerprint density at radius 1 is 1.13 bits per heavy atom. The molecule has 3 saturated heterocycles. The molecule has 2 bridgehead atoms. The quantitative estimate of drug-likeness (QED) is 0.750. The van der Waals surface area contributed by atoms with Gasteiger partial charge in [0.2, 0.25) is 0 Å². The van der Waals surface area contributed by atoms with Crippen molar-refractivity contribution >= 4 is 34.8 Å². The molecule has 1 atom stereocenters. The van der Waals surface area contributed by atoms with Crippen molar-refractivity contribution in [3.63, 3.8) is 0 Å². The molecule has 1 N–H and O–H groups in total. The number of piperidine rings is 3. The highest BCUT2D eigenvalue weighted by Crippen LogP contribution is 2.38.